The van der Waals surface area contributed by atoms with Crippen molar-refractivity contribution in [1.29, 1.82) is 0 Å². The van der Waals surface area contributed by atoms with Gasteiger partial charge in [0.2, 0.25) is 5.82 Å². The van der Waals surface area contributed by atoms with Gasteiger partial charge in [-0.05, 0) is 42.5 Å². The molecule has 7 heteroatoms. The zero-order chi connectivity index (χ0) is 32.0. The Bertz CT molecular complexity index is 1360. The van der Waals surface area contributed by atoms with Crippen molar-refractivity contribution in [2.45, 2.75) is 90.8 Å². The van der Waals surface area contributed by atoms with E-state index in [1.807, 2.05) is 0 Å². The van der Waals surface area contributed by atoms with E-state index in [1.165, 1.54) is 49.9 Å². The van der Waals surface area contributed by atoms with Gasteiger partial charge in [-0.2, -0.15) is 4.39 Å². The Hall–Kier alpha value is -3.16. The van der Waals surface area contributed by atoms with Crippen molar-refractivity contribution in [3.8, 4) is 28.0 Å². The van der Waals surface area contributed by atoms with Gasteiger partial charge < -0.3 is 14.2 Å². The lowest BCUT2D eigenvalue weighted by molar-refractivity contribution is -0.195. The van der Waals surface area contributed by atoms with Gasteiger partial charge in [0, 0.05) is 22.6 Å². The fourth-order valence-electron chi connectivity index (χ4n) is 5.49. The summed E-state index contributed by atoms with van der Waals surface area (Å²) in [6.45, 7) is 5.60. The van der Waals surface area contributed by atoms with E-state index >= 15 is 8.78 Å². The zero-order valence-corrected chi connectivity index (χ0v) is 26.6. The molecule has 0 unspecified atom stereocenters. The molecule has 244 valence electrons. The van der Waals surface area contributed by atoms with E-state index in [0.29, 0.717) is 30.9 Å². The molecule has 0 saturated carbocycles. The SMILES string of the molecule is CCCCCCCCCOc1ccc(-c2ccc(-c3ccc(C=CC4COC(CCCCC)OC4)c(F)c3F)cc2)c(F)c1F. The molecule has 0 aliphatic carbocycles. The van der Waals surface area contributed by atoms with E-state index in [2.05, 4.69) is 13.8 Å². The largest absolute Gasteiger partial charge is 0.490 e. The molecule has 3 aromatic carbocycles. The molecule has 1 aliphatic heterocycles. The molecule has 1 heterocycles. The Labute approximate surface area is 265 Å². The molecular formula is C38H46F4O3. The van der Waals surface area contributed by atoms with Gasteiger partial charge in [-0.3, -0.25) is 0 Å². The lowest BCUT2D eigenvalue weighted by atomic mass is 9.98. The van der Waals surface area contributed by atoms with Crippen LogP contribution in [-0.4, -0.2) is 26.1 Å². The summed E-state index contributed by atoms with van der Waals surface area (Å²) in [6.07, 6.45) is 15.1. The maximum atomic E-state index is 15.1. The summed E-state index contributed by atoms with van der Waals surface area (Å²) < 4.78 is 77.0. The fraction of sp³-hybridized carbons (Fsp3) is 0.474. The minimum Gasteiger partial charge on any atom is -0.490 e. The van der Waals surface area contributed by atoms with E-state index in [9.17, 15) is 8.78 Å². The molecule has 0 radical (unpaired) electrons. The topological polar surface area (TPSA) is 27.7 Å². The molecule has 3 aromatic rings. The van der Waals surface area contributed by atoms with Gasteiger partial charge in [-0.25, -0.2) is 13.2 Å². The maximum Gasteiger partial charge on any atom is 0.201 e. The molecule has 1 saturated heterocycles. The normalized spacial score (nSPS) is 16.8. The van der Waals surface area contributed by atoms with E-state index in [4.69, 9.17) is 14.2 Å². The van der Waals surface area contributed by atoms with Crippen LogP contribution in [0.4, 0.5) is 17.6 Å². The number of rotatable bonds is 17. The van der Waals surface area contributed by atoms with Gasteiger partial charge in [-0.1, -0.05) is 114 Å². The Morgan fingerprint density at radius 3 is 1.84 bits per heavy atom. The summed E-state index contributed by atoms with van der Waals surface area (Å²) in [7, 11) is 0. The number of hydrogen-bond acceptors (Lipinski definition) is 3. The molecule has 0 N–H and O–H groups in total. The van der Waals surface area contributed by atoms with Crippen LogP contribution in [0.15, 0.2) is 54.6 Å². The van der Waals surface area contributed by atoms with Gasteiger partial charge >= 0.3 is 0 Å². The van der Waals surface area contributed by atoms with E-state index < -0.39 is 23.3 Å². The number of halogens is 4. The molecule has 0 atom stereocenters. The van der Waals surface area contributed by atoms with Crippen molar-refractivity contribution in [2.75, 3.05) is 19.8 Å². The van der Waals surface area contributed by atoms with Gasteiger partial charge in [0.1, 0.15) is 0 Å². The average molecular weight is 627 g/mol. The molecule has 45 heavy (non-hydrogen) atoms. The van der Waals surface area contributed by atoms with Crippen LogP contribution in [0.25, 0.3) is 28.3 Å². The number of benzene rings is 3. The lowest BCUT2D eigenvalue weighted by Gasteiger charge is -2.28. The third-order valence-corrected chi connectivity index (χ3v) is 8.26. The van der Waals surface area contributed by atoms with Gasteiger partial charge in [0.05, 0.1) is 19.8 Å². The van der Waals surface area contributed by atoms with E-state index in [-0.39, 0.29) is 34.6 Å². The standard InChI is InChI=1S/C38H46F4O3/c1-3-5-7-8-9-10-12-24-43-33-23-22-32(37(41)38(33)42)29-18-16-28(17-19-29)31-21-20-30(35(39)36(31)40)15-14-27-25-44-34(45-26-27)13-11-6-4-2/h14-23,27,34H,3-13,24-26H2,1-2H3. The van der Waals surface area contributed by atoms with Crippen LogP contribution in [0.2, 0.25) is 0 Å². The first-order chi connectivity index (χ1) is 21.9. The summed E-state index contributed by atoms with van der Waals surface area (Å²) >= 11 is 0. The predicted octanol–water partition coefficient (Wildman–Crippen LogP) is 11.3. The molecule has 3 nitrogen and oxygen atoms in total. The Morgan fingerprint density at radius 2 is 1.20 bits per heavy atom. The van der Waals surface area contributed by atoms with Crippen LogP contribution < -0.4 is 4.74 Å². The van der Waals surface area contributed by atoms with Crippen molar-refractivity contribution < 1.29 is 31.8 Å². The van der Waals surface area contributed by atoms with Gasteiger partial charge in [-0.15, -0.1) is 0 Å². The second kappa shape index (κ2) is 18.1. The third kappa shape index (κ3) is 9.91. The molecular weight excluding hydrogens is 580 g/mol. The van der Waals surface area contributed by atoms with E-state index in [1.54, 1.807) is 36.4 Å². The number of hydrogen-bond donors (Lipinski definition) is 0. The average Bonchev–Trinajstić information content (AvgIpc) is 3.06. The lowest BCUT2D eigenvalue weighted by Crippen LogP contribution is -2.31. The molecule has 0 aromatic heterocycles. The van der Waals surface area contributed by atoms with Gasteiger partial charge in [0.15, 0.2) is 29.5 Å². The van der Waals surface area contributed by atoms with Crippen LogP contribution in [0.1, 0.15) is 90.0 Å². The first-order valence-electron chi connectivity index (χ1n) is 16.5. The first kappa shape index (κ1) is 34.7. The molecule has 0 amide bonds. The highest BCUT2D eigenvalue weighted by molar-refractivity contribution is 5.72. The van der Waals surface area contributed by atoms with Crippen LogP contribution in [0.3, 0.4) is 0 Å². The Balaban J connectivity index is 1.34. The minimum atomic E-state index is -1.03. The summed E-state index contributed by atoms with van der Waals surface area (Å²) in [5.74, 6) is -4.12. The predicted molar refractivity (Wildman–Crippen MR) is 173 cm³/mol. The van der Waals surface area contributed by atoms with Crippen LogP contribution in [-0.2, 0) is 9.47 Å². The summed E-state index contributed by atoms with van der Waals surface area (Å²) in [5.41, 5.74) is 1.11. The van der Waals surface area contributed by atoms with Crippen LogP contribution in [0.5, 0.6) is 5.75 Å². The maximum absolute atomic E-state index is 15.1. The minimum absolute atomic E-state index is 0.0435. The Morgan fingerprint density at radius 1 is 0.644 bits per heavy atom. The molecule has 0 bridgehead atoms. The second-order valence-corrected chi connectivity index (χ2v) is 11.8. The monoisotopic (exact) mass is 626 g/mol. The van der Waals surface area contributed by atoms with Crippen molar-refractivity contribution in [2.24, 2.45) is 5.92 Å². The van der Waals surface area contributed by atoms with Crippen LogP contribution in [0, 0.1) is 29.2 Å². The molecule has 1 aliphatic rings. The van der Waals surface area contributed by atoms with E-state index in [0.717, 1.165) is 44.9 Å². The highest BCUT2D eigenvalue weighted by Crippen LogP contribution is 2.33. The van der Waals surface area contributed by atoms with Crippen molar-refractivity contribution >= 4 is 6.08 Å². The number of ether oxygens (including phenoxy) is 3. The molecule has 0 spiro atoms. The Kier molecular flexibility index (Phi) is 14.0. The zero-order valence-electron chi connectivity index (χ0n) is 26.6. The summed E-state index contributed by atoms with van der Waals surface area (Å²) in [4.78, 5) is 0. The van der Waals surface area contributed by atoms with Crippen LogP contribution >= 0.6 is 0 Å². The summed E-state index contributed by atoms with van der Waals surface area (Å²) in [5, 5.41) is 0. The smallest absolute Gasteiger partial charge is 0.201 e. The first-order valence-corrected chi connectivity index (χ1v) is 16.5. The highest BCUT2D eigenvalue weighted by atomic mass is 19.2. The quantitative estimate of drug-likeness (QED) is 0.110. The second-order valence-electron chi connectivity index (χ2n) is 11.8. The third-order valence-electron chi connectivity index (χ3n) is 8.26. The number of unbranched alkanes of at least 4 members (excludes halogenated alkanes) is 8. The molecule has 4 rings (SSSR count). The van der Waals surface area contributed by atoms with Gasteiger partial charge in [0.25, 0.3) is 0 Å². The van der Waals surface area contributed by atoms with Crippen molar-refractivity contribution in [3.63, 3.8) is 0 Å². The summed E-state index contributed by atoms with van der Waals surface area (Å²) in [6, 6.07) is 12.2. The fourth-order valence-corrected chi connectivity index (χ4v) is 5.49. The highest BCUT2D eigenvalue weighted by Gasteiger charge is 2.21. The molecule has 1 fully saturated rings. The van der Waals surface area contributed by atoms with Crippen molar-refractivity contribution in [3.05, 3.63) is 83.4 Å². The van der Waals surface area contributed by atoms with Crippen molar-refractivity contribution in [1.82, 2.24) is 0 Å².